The Balaban J connectivity index is 1.92. The van der Waals surface area contributed by atoms with Gasteiger partial charge >= 0.3 is 0 Å². The summed E-state index contributed by atoms with van der Waals surface area (Å²) in [6.07, 6.45) is 3.12. The number of hydrogen-bond acceptors (Lipinski definition) is 1. The predicted molar refractivity (Wildman–Crippen MR) is 115 cm³/mol. The summed E-state index contributed by atoms with van der Waals surface area (Å²) in [5, 5.41) is 4.47. The average Bonchev–Trinajstić information content (AvgIpc) is 3.08. The molecule has 0 saturated heterocycles. The fraction of sp³-hybridized carbons (Fsp3) is 0.200. The van der Waals surface area contributed by atoms with Crippen molar-refractivity contribution < 1.29 is 4.39 Å². The normalized spacial score (nSPS) is 12.4. The molecule has 28 heavy (non-hydrogen) atoms. The molecule has 1 heterocycles. The summed E-state index contributed by atoms with van der Waals surface area (Å²) in [6.45, 7) is 3.00. The minimum atomic E-state index is -0.192. The molecule has 142 valence electrons. The summed E-state index contributed by atoms with van der Waals surface area (Å²) in [7, 11) is 1.95. The Morgan fingerprint density at radius 1 is 0.929 bits per heavy atom. The molecule has 0 radical (unpaired) electrons. The number of fused-ring (bicyclic) bond motifs is 1. The van der Waals surface area contributed by atoms with E-state index in [4.69, 9.17) is 0 Å². The van der Waals surface area contributed by atoms with E-state index in [1.807, 2.05) is 13.1 Å². The van der Waals surface area contributed by atoms with Gasteiger partial charge in [-0.3, -0.25) is 0 Å². The van der Waals surface area contributed by atoms with Crippen molar-refractivity contribution in [3.05, 3.63) is 95.9 Å². The van der Waals surface area contributed by atoms with Crippen LogP contribution in [-0.4, -0.2) is 18.2 Å². The summed E-state index contributed by atoms with van der Waals surface area (Å²) < 4.78 is 16.3. The molecule has 2 nitrogen and oxygen atoms in total. The highest BCUT2D eigenvalue weighted by atomic mass is 19.1. The molecular weight excluding hydrogens is 347 g/mol. The summed E-state index contributed by atoms with van der Waals surface area (Å²) in [4.78, 5) is 0. The lowest BCUT2D eigenvalue weighted by Gasteiger charge is -2.21. The van der Waals surface area contributed by atoms with Crippen molar-refractivity contribution >= 4 is 10.9 Å². The topological polar surface area (TPSA) is 17.0 Å². The molecule has 0 aliphatic heterocycles. The third-order valence-corrected chi connectivity index (χ3v) is 5.41. The van der Waals surface area contributed by atoms with Gasteiger partial charge in [0, 0.05) is 22.7 Å². The molecule has 1 aromatic heterocycles. The second kappa shape index (κ2) is 7.99. The number of nitrogens with one attached hydrogen (secondary N) is 1. The monoisotopic (exact) mass is 372 g/mol. The summed E-state index contributed by atoms with van der Waals surface area (Å²) in [6, 6.07) is 24.0. The van der Waals surface area contributed by atoms with E-state index in [9.17, 15) is 4.39 Å². The highest BCUT2D eigenvalue weighted by Crippen LogP contribution is 2.36. The van der Waals surface area contributed by atoms with E-state index in [0.29, 0.717) is 0 Å². The van der Waals surface area contributed by atoms with Gasteiger partial charge in [-0.25, -0.2) is 4.39 Å². The zero-order valence-corrected chi connectivity index (χ0v) is 16.3. The molecule has 3 heteroatoms. The van der Waals surface area contributed by atoms with Gasteiger partial charge in [0.1, 0.15) is 5.82 Å². The van der Waals surface area contributed by atoms with Crippen molar-refractivity contribution in [2.24, 2.45) is 0 Å². The number of hydrogen-bond donors (Lipinski definition) is 1. The van der Waals surface area contributed by atoms with Crippen LogP contribution in [0, 0.1) is 12.7 Å². The average molecular weight is 372 g/mol. The molecule has 1 unspecified atom stereocenters. The first-order chi connectivity index (χ1) is 13.7. The molecule has 1 N–H and O–H groups in total. The van der Waals surface area contributed by atoms with Gasteiger partial charge in [0.05, 0.1) is 6.04 Å². The molecule has 3 aromatic carbocycles. The zero-order valence-electron chi connectivity index (χ0n) is 16.3. The number of rotatable bonds is 6. The number of nitrogens with zero attached hydrogens (tertiary/aromatic N) is 1. The quantitative estimate of drug-likeness (QED) is 0.442. The smallest absolute Gasteiger partial charge is 0.123 e. The molecule has 0 spiro atoms. The molecule has 0 fully saturated rings. The van der Waals surface area contributed by atoms with Gasteiger partial charge in [0.2, 0.25) is 0 Å². The van der Waals surface area contributed by atoms with Crippen LogP contribution in [0.3, 0.4) is 0 Å². The Labute approximate surface area is 165 Å². The minimum absolute atomic E-state index is 0.0609. The van der Waals surface area contributed by atoms with Crippen molar-refractivity contribution in [1.29, 1.82) is 0 Å². The lowest BCUT2D eigenvalue weighted by atomic mass is 10.0. The van der Waals surface area contributed by atoms with E-state index < -0.39 is 0 Å². The largest absolute Gasteiger partial charge is 0.339 e. The van der Waals surface area contributed by atoms with E-state index >= 15 is 0 Å². The Bertz CT molecular complexity index is 1100. The third kappa shape index (κ3) is 3.46. The van der Waals surface area contributed by atoms with Crippen molar-refractivity contribution in [3.8, 4) is 11.1 Å². The highest BCUT2D eigenvalue weighted by molar-refractivity contribution is 5.97. The van der Waals surface area contributed by atoms with Crippen LogP contribution in [0.2, 0.25) is 0 Å². The maximum absolute atomic E-state index is 14.0. The molecule has 0 saturated carbocycles. The second-order valence-electron chi connectivity index (χ2n) is 7.25. The van der Waals surface area contributed by atoms with Gasteiger partial charge in [0.15, 0.2) is 0 Å². The van der Waals surface area contributed by atoms with E-state index in [-0.39, 0.29) is 11.9 Å². The maximum atomic E-state index is 14.0. The van der Waals surface area contributed by atoms with E-state index in [1.165, 1.54) is 33.7 Å². The van der Waals surface area contributed by atoms with Gasteiger partial charge in [-0.2, -0.15) is 0 Å². The molecule has 0 aliphatic carbocycles. The Hall–Kier alpha value is -2.91. The third-order valence-electron chi connectivity index (χ3n) is 5.41. The fourth-order valence-electron chi connectivity index (χ4n) is 4.01. The number of halogens is 1. The number of aromatic nitrogens is 1. The van der Waals surface area contributed by atoms with Crippen LogP contribution in [0.15, 0.2) is 79.0 Å². The van der Waals surface area contributed by atoms with Crippen LogP contribution in [-0.2, 0) is 0 Å². The number of benzene rings is 3. The van der Waals surface area contributed by atoms with E-state index in [0.717, 1.165) is 18.5 Å². The van der Waals surface area contributed by atoms with Gasteiger partial charge < -0.3 is 9.88 Å². The first-order valence-electron chi connectivity index (χ1n) is 9.74. The fourth-order valence-corrected chi connectivity index (χ4v) is 4.01. The van der Waals surface area contributed by atoms with Gasteiger partial charge in [0.25, 0.3) is 0 Å². The van der Waals surface area contributed by atoms with Gasteiger partial charge in [-0.15, -0.1) is 0 Å². The molecule has 0 aliphatic rings. The van der Waals surface area contributed by atoms with Crippen LogP contribution in [0.25, 0.3) is 22.0 Å². The van der Waals surface area contributed by atoms with Crippen molar-refractivity contribution in [2.45, 2.75) is 19.4 Å². The second-order valence-corrected chi connectivity index (χ2v) is 7.25. The Morgan fingerprint density at radius 3 is 2.50 bits per heavy atom. The van der Waals surface area contributed by atoms with Gasteiger partial charge in [-0.05, 0) is 61.8 Å². The number of aryl methyl sites for hydroxylation is 1. The zero-order chi connectivity index (χ0) is 19.5. The standard InChI is InChI=1S/C25H25FN2/c1-18-8-3-4-11-21(18)23-17-28(25-13-6-5-12-22(23)25)24(14-15-27-2)19-9-7-10-20(26)16-19/h3-13,16-17,24,27H,14-15H2,1-2H3. The molecule has 4 rings (SSSR count). The molecule has 1 atom stereocenters. The van der Waals surface area contributed by atoms with Crippen molar-refractivity contribution in [1.82, 2.24) is 9.88 Å². The summed E-state index contributed by atoms with van der Waals surface area (Å²) >= 11 is 0. The predicted octanol–water partition coefficient (Wildman–Crippen LogP) is 5.95. The van der Waals surface area contributed by atoms with Crippen LogP contribution in [0.1, 0.15) is 23.6 Å². The number of para-hydroxylation sites is 1. The summed E-state index contributed by atoms with van der Waals surface area (Å²) in [5.74, 6) is -0.192. The van der Waals surface area contributed by atoms with Crippen LogP contribution in [0.5, 0.6) is 0 Å². The SMILES string of the molecule is CNCCC(c1cccc(F)c1)n1cc(-c2ccccc2C)c2ccccc21. The van der Waals surface area contributed by atoms with Gasteiger partial charge in [-0.1, -0.05) is 54.6 Å². The molecule has 4 aromatic rings. The highest BCUT2D eigenvalue weighted by Gasteiger charge is 2.19. The first-order valence-corrected chi connectivity index (χ1v) is 9.74. The lowest BCUT2D eigenvalue weighted by molar-refractivity contribution is 0.534. The summed E-state index contributed by atoms with van der Waals surface area (Å²) in [5.41, 5.74) is 5.88. The molecule has 0 amide bonds. The van der Waals surface area contributed by atoms with Crippen LogP contribution >= 0.6 is 0 Å². The Morgan fingerprint density at radius 2 is 1.71 bits per heavy atom. The minimum Gasteiger partial charge on any atom is -0.339 e. The molecule has 0 bridgehead atoms. The van der Waals surface area contributed by atoms with Crippen molar-refractivity contribution in [2.75, 3.05) is 13.6 Å². The van der Waals surface area contributed by atoms with Crippen LogP contribution in [0.4, 0.5) is 4.39 Å². The van der Waals surface area contributed by atoms with Crippen LogP contribution < -0.4 is 5.32 Å². The van der Waals surface area contributed by atoms with Crippen molar-refractivity contribution in [3.63, 3.8) is 0 Å². The maximum Gasteiger partial charge on any atom is 0.123 e. The van der Waals surface area contributed by atoms with E-state index in [2.05, 4.69) is 71.5 Å². The Kier molecular flexibility index (Phi) is 5.27. The first kappa shape index (κ1) is 18.5. The lowest BCUT2D eigenvalue weighted by Crippen LogP contribution is -2.17. The van der Waals surface area contributed by atoms with E-state index in [1.54, 1.807) is 12.1 Å². The molecular formula is C25H25FN2.